The quantitative estimate of drug-likeness (QED) is 0.753. The molecule has 0 saturated carbocycles. The Morgan fingerprint density at radius 1 is 1.15 bits per heavy atom. The van der Waals surface area contributed by atoms with E-state index in [1.54, 1.807) is 17.2 Å². The summed E-state index contributed by atoms with van der Waals surface area (Å²) < 4.78 is 1.65. The molecule has 4 rings (SSSR count). The molecule has 1 aromatic carbocycles. The Bertz CT molecular complexity index is 917. The molecule has 1 unspecified atom stereocenters. The molecule has 1 fully saturated rings. The number of fused-ring (bicyclic) bond motifs is 1. The Morgan fingerprint density at radius 3 is 2.70 bits per heavy atom. The van der Waals surface area contributed by atoms with E-state index in [-0.39, 0.29) is 18.5 Å². The van der Waals surface area contributed by atoms with E-state index in [0.717, 1.165) is 29.9 Å². The Kier molecular flexibility index (Phi) is 5.00. The number of nitrogens with zero attached hydrogens (tertiary/aromatic N) is 5. The van der Waals surface area contributed by atoms with Crippen LogP contribution in [0.25, 0.3) is 11.0 Å². The van der Waals surface area contributed by atoms with Crippen LogP contribution in [0.5, 0.6) is 0 Å². The molecular weight excluding hydrogens is 340 g/mol. The number of rotatable bonds is 5. The number of anilines is 1. The standard InChI is InChI=1S/C20H24N6O/c1-15(16-8-4-2-5-9-16)24-18(27)13-26-20-17(12-23-26)19(21-14-22-20)25-10-6-3-7-11-25/h2,4-5,8-9,12,14-15H,3,6-7,10-11,13H2,1H3,(H,24,27). The largest absolute Gasteiger partial charge is 0.356 e. The van der Waals surface area contributed by atoms with Gasteiger partial charge in [-0.25, -0.2) is 14.6 Å². The van der Waals surface area contributed by atoms with Crippen LogP contribution in [0, 0.1) is 0 Å². The first-order valence-electron chi connectivity index (χ1n) is 9.48. The maximum absolute atomic E-state index is 12.5. The van der Waals surface area contributed by atoms with Crippen molar-refractivity contribution >= 4 is 22.8 Å². The fraction of sp³-hybridized carbons (Fsp3) is 0.400. The lowest BCUT2D eigenvalue weighted by Crippen LogP contribution is -2.31. The molecule has 140 valence electrons. The molecule has 0 spiro atoms. The Hall–Kier alpha value is -2.96. The van der Waals surface area contributed by atoms with Gasteiger partial charge in [0.15, 0.2) is 5.65 Å². The van der Waals surface area contributed by atoms with Crippen molar-refractivity contribution in [1.29, 1.82) is 0 Å². The minimum atomic E-state index is -0.0884. The van der Waals surface area contributed by atoms with Gasteiger partial charge in [0, 0.05) is 13.1 Å². The minimum Gasteiger partial charge on any atom is -0.356 e. The van der Waals surface area contributed by atoms with Gasteiger partial charge < -0.3 is 10.2 Å². The summed E-state index contributed by atoms with van der Waals surface area (Å²) in [6.07, 6.45) is 6.96. The van der Waals surface area contributed by atoms with Crippen molar-refractivity contribution in [2.45, 2.75) is 38.8 Å². The molecule has 1 saturated heterocycles. The predicted octanol–water partition coefficient (Wildman–Crippen LogP) is 2.69. The van der Waals surface area contributed by atoms with Gasteiger partial charge in [-0.05, 0) is 31.7 Å². The van der Waals surface area contributed by atoms with Crippen molar-refractivity contribution in [3.63, 3.8) is 0 Å². The molecule has 7 nitrogen and oxygen atoms in total. The Balaban J connectivity index is 1.50. The summed E-state index contributed by atoms with van der Waals surface area (Å²) in [6.45, 7) is 4.13. The number of hydrogen-bond acceptors (Lipinski definition) is 5. The molecule has 3 aromatic rings. The van der Waals surface area contributed by atoms with Crippen molar-refractivity contribution in [2.75, 3.05) is 18.0 Å². The summed E-state index contributed by atoms with van der Waals surface area (Å²) in [4.78, 5) is 23.6. The lowest BCUT2D eigenvalue weighted by atomic mass is 10.1. The fourth-order valence-corrected chi connectivity index (χ4v) is 3.60. The zero-order valence-electron chi connectivity index (χ0n) is 15.5. The number of carbonyl (C=O) groups excluding carboxylic acids is 1. The number of benzene rings is 1. The van der Waals surface area contributed by atoms with E-state index in [4.69, 9.17) is 0 Å². The highest BCUT2D eigenvalue weighted by atomic mass is 16.2. The summed E-state index contributed by atoms with van der Waals surface area (Å²) in [7, 11) is 0. The highest BCUT2D eigenvalue weighted by Gasteiger charge is 2.19. The van der Waals surface area contributed by atoms with Gasteiger partial charge in [-0.3, -0.25) is 4.79 Å². The summed E-state index contributed by atoms with van der Waals surface area (Å²) in [5.41, 5.74) is 1.78. The topological polar surface area (TPSA) is 75.9 Å². The number of piperidine rings is 1. The molecule has 0 aliphatic carbocycles. The number of hydrogen-bond donors (Lipinski definition) is 1. The molecule has 1 atom stereocenters. The van der Waals surface area contributed by atoms with E-state index in [1.165, 1.54) is 19.3 Å². The molecule has 1 aliphatic heterocycles. The van der Waals surface area contributed by atoms with Gasteiger partial charge in [0.25, 0.3) is 0 Å². The van der Waals surface area contributed by atoms with Crippen LogP contribution in [0.15, 0.2) is 42.9 Å². The highest BCUT2D eigenvalue weighted by Crippen LogP contribution is 2.25. The maximum Gasteiger partial charge on any atom is 0.242 e. The SMILES string of the molecule is CC(NC(=O)Cn1ncc2c(N3CCCCC3)ncnc21)c1ccccc1. The maximum atomic E-state index is 12.5. The van der Waals surface area contributed by atoms with Crippen molar-refractivity contribution in [3.05, 3.63) is 48.4 Å². The van der Waals surface area contributed by atoms with Crippen molar-refractivity contribution in [2.24, 2.45) is 0 Å². The Labute approximate surface area is 158 Å². The third-order valence-electron chi connectivity index (χ3n) is 5.04. The molecule has 1 amide bonds. The molecule has 7 heteroatoms. The second-order valence-electron chi connectivity index (χ2n) is 6.98. The molecular formula is C20H24N6O. The van der Waals surface area contributed by atoms with E-state index in [2.05, 4.69) is 25.3 Å². The van der Waals surface area contributed by atoms with E-state index in [1.807, 2.05) is 37.3 Å². The number of carbonyl (C=O) groups is 1. The second kappa shape index (κ2) is 7.73. The van der Waals surface area contributed by atoms with Crippen molar-refractivity contribution < 1.29 is 4.79 Å². The van der Waals surface area contributed by atoms with Crippen LogP contribution in [0.1, 0.15) is 37.8 Å². The van der Waals surface area contributed by atoms with Gasteiger partial charge >= 0.3 is 0 Å². The van der Waals surface area contributed by atoms with E-state index in [0.29, 0.717) is 5.65 Å². The zero-order chi connectivity index (χ0) is 18.6. The van der Waals surface area contributed by atoms with Crippen LogP contribution < -0.4 is 10.2 Å². The third-order valence-corrected chi connectivity index (χ3v) is 5.04. The number of nitrogens with one attached hydrogen (secondary N) is 1. The number of aromatic nitrogens is 4. The molecule has 0 bridgehead atoms. The Morgan fingerprint density at radius 2 is 1.93 bits per heavy atom. The van der Waals surface area contributed by atoms with Gasteiger partial charge in [-0.2, -0.15) is 5.10 Å². The van der Waals surface area contributed by atoms with Gasteiger partial charge in [0.05, 0.1) is 17.6 Å². The third kappa shape index (κ3) is 3.77. The molecule has 1 aliphatic rings. The van der Waals surface area contributed by atoms with Crippen LogP contribution in [0.4, 0.5) is 5.82 Å². The van der Waals surface area contributed by atoms with Crippen LogP contribution >= 0.6 is 0 Å². The lowest BCUT2D eigenvalue weighted by Gasteiger charge is -2.27. The fourth-order valence-electron chi connectivity index (χ4n) is 3.60. The first kappa shape index (κ1) is 17.5. The smallest absolute Gasteiger partial charge is 0.242 e. The van der Waals surface area contributed by atoms with Crippen LogP contribution in [0.3, 0.4) is 0 Å². The van der Waals surface area contributed by atoms with E-state index < -0.39 is 0 Å². The normalized spacial score (nSPS) is 15.7. The first-order valence-corrected chi connectivity index (χ1v) is 9.48. The van der Waals surface area contributed by atoms with Crippen LogP contribution in [-0.2, 0) is 11.3 Å². The van der Waals surface area contributed by atoms with Crippen LogP contribution in [-0.4, -0.2) is 38.7 Å². The van der Waals surface area contributed by atoms with Gasteiger partial charge in [-0.15, -0.1) is 0 Å². The summed E-state index contributed by atoms with van der Waals surface area (Å²) in [5, 5.41) is 8.33. The first-order chi connectivity index (χ1) is 13.2. The molecule has 0 radical (unpaired) electrons. The minimum absolute atomic E-state index is 0.0564. The van der Waals surface area contributed by atoms with Crippen molar-refractivity contribution in [3.8, 4) is 0 Å². The molecule has 3 heterocycles. The van der Waals surface area contributed by atoms with Gasteiger partial charge in [-0.1, -0.05) is 30.3 Å². The number of amides is 1. The average Bonchev–Trinajstić information content (AvgIpc) is 3.12. The van der Waals surface area contributed by atoms with Crippen LogP contribution in [0.2, 0.25) is 0 Å². The predicted molar refractivity (Wildman–Crippen MR) is 104 cm³/mol. The molecule has 27 heavy (non-hydrogen) atoms. The molecule has 2 aromatic heterocycles. The highest BCUT2D eigenvalue weighted by molar-refractivity contribution is 5.88. The molecule has 1 N–H and O–H groups in total. The lowest BCUT2D eigenvalue weighted by molar-refractivity contribution is -0.122. The zero-order valence-corrected chi connectivity index (χ0v) is 15.5. The summed E-state index contributed by atoms with van der Waals surface area (Å²) >= 11 is 0. The average molecular weight is 364 g/mol. The summed E-state index contributed by atoms with van der Waals surface area (Å²) in [5.74, 6) is 0.832. The van der Waals surface area contributed by atoms with E-state index >= 15 is 0 Å². The monoisotopic (exact) mass is 364 g/mol. The van der Waals surface area contributed by atoms with E-state index in [9.17, 15) is 4.79 Å². The summed E-state index contributed by atoms with van der Waals surface area (Å²) in [6, 6.07) is 9.86. The van der Waals surface area contributed by atoms with Gasteiger partial charge in [0.2, 0.25) is 5.91 Å². The second-order valence-corrected chi connectivity index (χ2v) is 6.98. The van der Waals surface area contributed by atoms with Gasteiger partial charge in [0.1, 0.15) is 18.7 Å². The van der Waals surface area contributed by atoms with Crippen molar-refractivity contribution in [1.82, 2.24) is 25.1 Å².